The molecular formula is C10H10BrClN2. The molecule has 14 heavy (non-hydrogen) atoms. The van der Waals surface area contributed by atoms with Gasteiger partial charge in [0.1, 0.15) is 0 Å². The van der Waals surface area contributed by atoms with Gasteiger partial charge >= 0.3 is 0 Å². The standard InChI is InChI=1S/C10H10BrClN2/c1-2-14-9(6-11)10-7(12)4-3-5-8(10)13-14/h3-5H,2,6H2,1H3. The Balaban J connectivity index is 2.81. The van der Waals surface area contributed by atoms with E-state index in [0.717, 1.165) is 33.5 Å². The molecule has 0 aliphatic carbocycles. The maximum absolute atomic E-state index is 6.14. The Morgan fingerprint density at radius 1 is 1.50 bits per heavy atom. The van der Waals surface area contributed by atoms with E-state index in [0.29, 0.717) is 0 Å². The monoisotopic (exact) mass is 272 g/mol. The summed E-state index contributed by atoms with van der Waals surface area (Å²) in [5.41, 5.74) is 2.11. The van der Waals surface area contributed by atoms with E-state index < -0.39 is 0 Å². The summed E-state index contributed by atoms with van der Waals surface area (Å²) in [6, 6.07) is 5.81. The molecule has 2 aromatic rings. The SMILES string of the molecule is CCn1nc2cccc(Cl)c2c1CBr. The van der Waals surface area contributed by atoms with Gasteiger partial charge in [-0.1, -0.05) is 33.6 Å². The fraction of sp³-hybridized carbons (Fsp3) is 0.300. The van der Waals surface area contributed by atoms with Crippen LogP contribution in [0, 0.1) is 0 Å². The van der Waals surface area contributed by atoms with Crippen molar-refractivity contribution in [3.05, 3.63) is 28.9 Å². The Labute approximate surface area is 96.0 Å². The van der Waals surface area contributed by atoms with E-state index in [-0.39, 0.29) is 0 Å². The molecule has 0 atom stereocenters. The zero-order valence-electron chi connectivity index (χ0n) is 7.80. The minimum atomic E-state index is 0.775. The first-order chi connectivity index (χ1) is 6.77. The number of hydrogen-bond donors (Lipinski definition) is 0. The predicted molar refractivity (Wildman–Crippen MR) is 63.0 cm³/mol. The second-order valence-corrected chi connectivity index (χ2v) is 4.00. The zero-order valence-corrected chi connectivity index (χ0v) is 10.1. The normalized spacial score (nSPS) is 11.1. The Morgan fingerprint density at radius 2 is 2.29 bits per heavy atom. The number of aromatic nitrogens is 2. The highest BCUT2D eigenvalue weighted by molar-refractivity contribution is 9.08. The van der Waals surface area contributed by atoms with Crippen molar-refractivity contribution >= 4 is 38.4 Å². The van der Waals surface area contributed by atoms with Crippen LogP contribution in [0.15, 0.2) is 18.2 Å². The van der Waals surface area contributed by atoms with E-state index in [2.05, 4.69) is 28.0 Å². The molecule has 0 aliphatic rings. The summed E-state index contributed by atoms with van der Waals surface area (Å²) >= 11 is 9.60. The Hall–Kier alpha value is -0.540. The van der Waals surface area contributed by atoms with Crippen molar-refractivity contribution < 1.29 is 0 Å². The largest absolute Gasteiger partial charge is 0.268 e. The maximum Gasteiger partial charge on any atom is 0.0941 e. The van der Waals surface area contributed by atoms with E-state index in [4.69, 9.17) is 11.6 Å². The third-order valence-electron chi connectivity index (χ3n) is 2.25. The lowest BCUT2D eigenvalue weighted by molar-refractivity contribution is 0.645. The van der Waals surface area contributed by atoms with Crippen LogP contribution in [0.25, 0.3) is 10.9 Å². The van der Waals surface area contributed by atoms with Crippen LogP contribution < -0.4 is 0 Å². The van der Waals surface area contributed by atoms with Crippen molar-refractivity contribution in [1.82, 2.24) is 9.78 Å². The predicted octanol–water partition coefficient (Wildman–Crippen LogP) is 3.60. The van der Waals surface area contributed by atoms with Crippen molar-refractivity contribution in [2.45, 2.75) is 18.8 Å². The first kappa shape index (κ1) is 9.99. The second-order valence-electron chi connectivity index (χ2n) is 3.03. The van der Waals surface area contributed by atoms with E-state index >= 15 is 0 Å². The van der Waals surface area contributed by atoms with Crippen LogP contribution in [0.1, 0.15) is 12.6 Å². The highest BCUT2D eigenvalue weighted by Crippen LogP contribution is 2.27. The molecule has 0 unspecified atom stereocenters. The van der Waals surface area contributed by atoms with E-state index in [1.54, 1.807) is 0 Å². The molecule has 0 radical (unpaired) electrons. The molecule has 1 aromatic carbocycles. The Bertz CT molecular complexity index is 464. The van der Waals surface area contributed by atoms with Crippen molar-refractivity contribution in [1.29, 1.82) is 0 Å². The molecule has 0 N–H and O–H groups in total. The Morgan fingerprint density at radius 3 is 2.93 bits per heavy atom. The van der Waals surface area contributed by atoms with Gasteiger partial charge in [0.05, 0.1) is 16.2 Å². The van der Waals surface area contributed by atoms with Crippen LogP contribution in [-0.2, 0) is 11.9 Å². The lowest BCUT2D eigenvalue weighted by Gasteiger charge is -2.00. The summed E-state index contributed by atoms with van der Waals surface area (Å²) in [6.45, 7) is 2.94. The molecule has 4 heteroatoms. The first-order valence-corrected chi connectivity index (χ1v) is 5.97. The lowest BCUT2D eigenvalue weighted by atomic mass is 10.2. The molecule has 1 aromatic heterocycles. The van der Waals surface area contributed by atoms with Gasteiger partial charge in [0.2, 0.25) is 0 Å². The van der Waals surface area contributed by atoms with Gasteiger partial charge in [-0.2, -0.15) is 5.10 Å². The van der Waals surface area contributed by atoms with Crippen LogP contribution >= 0.6 is 27.5 Å². The number of benzene rings is 1. The van der Waals surface area contributed by atoms with Crippen LogP contribution in [0.4, 0.5) is 0 Å². The average Bonchev–Trinajstić information content (AvgIpc) is 2.56. The molecule has 0 amide bonds. The number of hydrogen-bond acceptors (Lipinski definition) is 1. The molecule has 0 bridgehead atoms. The molecule has 0 aliphatic heterocycles. The summed E-state index contributed by atoms with van der Waals surface area (Å²) in [5.74, 6) is 0. The topological polar surface area (TPSA) is 17.8 Å². The van der Waals surface area contributed by atoms with Gasteiger partial charge in [-0.3, -0.25) is 4.68 Å². The van der Waals surface area contributed by atoms with Crippen LogP contribution in [0.2, 0.25) is 5.02 Å². The number of aryl methyl sites for hydroxylation is 1. The maximum atomic E-state index is 6.14. The summed E-state index contributed by atoms with van der Waals surface area (Å²) in [5, 5.41) is 7.08. The minimum absolute atomic E-state index is 0.775. The van der Waals surface area contributed by atoms with Gasteiger partial charge in [0, 0.05) is 17.3 Å². The molecule has 0 saturated carbocycles. The van der Waals surface area contributed by atoms with Gasteiger partial charge in [-0.25, -0.2) is 0 Å². The summed E-state index contributed by atoms with van der Waals surface area (Å²) in [7, 11) is 0. The Kier molecular flexibility index (Phi) is 2.79. The molecule has 1 heterocycles. The highest BCUT2D eigenvalue weighted by Gasteiger charge is 2.11. The number of nitrogens with zero attached hydrogens (tertiary/aromatic N) is 2. The fourth-order valence-electron chi connectivity index (χ4n) is 1.60. The van der Waals surface area contributed by atoms with Crippen molar-refractivity contribution in [2.24, 2.45) is 0 Å². The van der Waals surface area contributed by atoms with Gasteiger partial charge in [-0.05, 0) is 19.1 Å². The average molecular weight is 274 g/mol. The fourth-order valence-corrected chi connectivity index (χ4v) is 2.45. The van der Waals surface area contributed by atoms with Crippen molar-refractivity contribution in [3.8, 4) is 0 Å². The molecule has 0 saturated heterocycles. The van der Waals surface area contributed by atoms with Crippen LogP contribution in [0.5, 0.6) is 0 Å². The second kappa shape index (κ2) is 3.91. The third kappa shape index (κ3) is 1.44. The molecule has 2 nitrogen and oxygen atoms in total. The molecular weight excluding hydrogens is 263 g/mol. The summed E-state index contributed by atoms with van der Waals surface area (Å²) < 4.78 is 1.98. The summed E-state index contributed by atoms with van der Waals surface area (Å²) in [4.78, 5) is 0. The number of rotatable bonds is 2. The van der Waals surface area contributed by atoms with Crippen molar-refractivity contribution in [2.75, 3.05) is 0 Å². The van der Waals surface area contributed by atoms with E-state index in [9.17, 15) is 0 Å². The molecule has 0 spiro atoms. The highest BCUT2D eigenvalue weighted by atomic mass is 79.9. The number of halogens is 2. The van der Waals surface area contributed by atoms with Crippen molar-refractivity contribution in [3.63, 3.8) is 0 Å². The molecule has 2 rings (SSSR count). The molecule has 74 valence electrons. The lowest BCUT2D eigenvalue weighted by Crippen LogP contribution is -2.00. The van der Waals surface area contributed by atoms with Crippen LogP contribution in [0.3, 0.4) is 0 Å². The molecule has 0 fully saturated rings. The van der Waals surface area contributed by atoms with Gasteiger partial charge in [-0.15, -0.1) is 0 Å². The zero-order chi connectivity index (χ0) is 10.1. The smallest absolute Gasteiger partial charge is 0.0941 e. The number of fused-ring (bicyclic) bond motifs is 1. The number of alkyl halides is 1. The minimum Gasteiger partial charge on any atom is -0.268 e. The van der Waals surface area contributed by atoms with Gasteiger partial charge in [0.25, 0.3) is 0 Å². The van der Waals surface area contributed by atoms with Crippen LogP contribution in [-0.4, -0.2) is 9.78 Å². The van der Waals surface area contributed by atoms with E-state index in [1.165, 1.54) is 0 Å². The quantitative estimate of drug-likeness (QED) is 0.765. The van der Waals surface area contributed by atoms with Gasteiger partial charge < -0.3 is 0 Å². The van der Waals surface area contributed by atoms with Gasteiger partial charge in [0.15, 0.2) is 0 Å². The summed E-state index contributed by atoms with van der Waals surface area (Å²) in [6.07, 6.45) is 0. The van der Waals surface area contributed by atoms with E-state index in [1.807, 2.05) is 22.9 Å². The third-order valence-corrected chi connectivity index (χ3v) is 3.09. The first-order valence-electron chi connectivity index (χ1n) is 4.47.